The summed E-state index contributed by atoms with van der Waals surface area (Å²) in [7, 11) is -4.98. The Labute approximate surface area is 222 Å². The van der Waals surface area contributed by atoms with Gasteiger partial charge in [-0.15, -0.1) is 0 Å². The number of ether oxygens (including phenoxy) is 2. The lowest BCUT2D eigenvalue weighted by Crippen LogP contribution is -2.38. The van der Waals surface area contributed by atoms with E-state index in [2.05, 4.69) is 5.32 Å². The number of rotatable bonds is 10. The number of anilines is 2. The minimum Gasteiger partial charge on any atom is -0.497 e. The topological polar surface area (TPSA) is 122 Å². The highest BCUT2D eigenvalue weighted by Crippen LogP contribution is 2.31. The molecule has 4 rings (SSSR count). The molecule has 3 aromatic rings. The summed E-state index contributed by atoms with van der Waals surface area (Å²) >= 11 is 0. The van der Waals surface area contributed by atoms with Crippen LogP contribution < -0.4 is 19.1 Å². The normalized spacial score (nSPS) is 14.2. The lowest BCUT2D eigenvalue weighted by Gasteiger charge is -2.24. The monoisotopic (exact) mass is 559 g/mol. The van der Waals surface area contributed by atoms with E-state index in [1.807, 2.05) is 0 Å². The van der Waals surface area contributed by atoms with Crippen LogP contribution >= 0.6 is 0 Å². The molecule has 1 amide bonds. The number of nitrogens with zero attached hydrogens (tertiary/aromatic N) is 2. The molecule has 1 aliphatic heterocycles. The maximum absolute atomic E-state index is 13.5. The molecule has 1 saturated heterocycles. The van der Waals surface area contributed by atoms with Gasteiger partial charge in [0.15, 0.2) is 0 Å². The summed E-state index contributed by atoms with van der Waals surface area (Å²) < 4.78 is 66.0. The first-order valence-electron chi connectivity index (χ1n) is 11.9. The summed E-state index contributed by atoms with van der Waals surface area (Å²) in [5.41, 5.74) is 0.367. The molecule has 0 atom stereocenters. The molecule has 3 aromatic carbocycles. The Kier molecular flexibility index (Phi) is 8.24. The molecule has 38 heavy (non-hydrogen) atoms. The second-order valence-electron chi connectivity index (χ2n) is 8.54. The second-order valence-corrected chi connectivity index (χ2v) is 12.3. The van der Waals surface area contributed by atoms with Crippen molar-refractivity contribution in [2.75, 3.05) is 43.5 Å². The van der Waals surface area contributed by atoms with Gasteiger partial charge in [-0.05, 0) is 67.4 Å². The first kappa shape index (κ1) is 27.4. The fraction of sp³-hybridized carbons (Fsp3) is 0.269. The number of sulfonamides is 2. The van der Waals surface area contributed by atoms with Gasteiger partial charge in [-0.3, -0.25) is 9.10 Å². The molecule has 1 aliphatic rings. The van der Waals surface area contributed by atoms with Crippen LogP contribution in [0.3, 0.4) is 0 Å². The quantitative estimate of drug-likeness (QED) is 0.404. The molecule has 1 heterocycles. The minimum absolute atomic E-state index is 0.0133. The number of amides is 1. The molecule has 12 heteroatoms. The van der Waals surface area contributed by atoms with E-state index in [0.29, 0.717) is 18.8 Å². The van der Waals surface area contributed by atoms with Crippen molar-refractivity contribution in [1.29, 1.82) is 0 Å². The minimum atomic E-state index is -4.12. The molecule has 0 radical (unpaired) electrons. The van der Waals surface area contributed by atoms with Crippen LogP contribution in [-0.2, 0) is 24.8 Å². The molecule has 1 N–H and O–H groups in total. The Hall–Kier alpha value is -3.61. The predicted octanol–water partition coefficient (Wildman–Crippen LogP) is 3.32. The van der Waals surface area contributed by atoms with Gasteiger partial charge in [0.05, 0.1) is 35.4 Å². The lowest BCUT2D eigenvalue weighted by molar-refractivity contribution is -0.114. The van der Waals surface area contributed by atoms with Crippen molar-refractivity contribution in [3.63, 3.8) is 0 Å². The van der Waals surface area contributed by atoms with Crippen molar-refractivity contribution >= 4 is 37.3 Å². The van der Waals surface area contributed by atoms with Gasteiger partial charge in [0, 0.05) is 13.1 Å². The third-order valence-electron chi connectivity index (χ3n) is 6.13. The van der Waals surface area contributed by atoms with Gasteiger partial charge in [0.1, 0.15) is 18.0 Å². The predicted molar refractivity (Wildman–Crippen MR) is 144 cm³/mol. The molecule has 0 aliphatic carbocycles. The van der Waals surface area contributed by atoms with Crippen LogP contribution in [0.1, 0.15) is 12.8 Å². The van der Waals surface area contributed by atoms with Gasteiger partial charge in [0.2, 0.25) is 15.9 Å². The smallest absolute Gasteiger partial charge is 0.264 e. The number of hydrogen-bond donors (Lipinski definition) is 1. The number of hydrogen-bond acceptors (Lipinski definition) is 7. The maximum Gasteiger partial charge on any atom is 0.264 e. The number of benzene rings is 3. The average Bonchev–Trinajstić information content (AvgIpc) is 3.48. The third kappa shape index (κ3) is 5.77. The standard InChI is InChI=1S/C26H29N3O7S2/c1-35-21-12-10-20(11-13-21)29(38(33,34)22-8-4-3-5-9-22)19-26(30)27-24-18-23(14-15-25(24)36-2)37(31,32)28-16-6-7-17-28/h3-5,8-15,18H,6-7,16-17,19H2,1-2H3,(H,27,30). The van der Waals surface area contributed by atoms with Crippen molar-refractivity contribution in [1.82, 2.24) is 4.31 Å². The molecule has 0 bridgehead atoms. The molecule has 0 aromatic heterocycles. The zero-order valence-corrected chi connectivity index (χ0v) is 22.7. The lowest BCUT2D eigenvalue weighted by atomic mass is 10.3. The van der Waals surface area contributed by atoms with Crippen LogP contribution in [0.2, 0.25) is 0 Å². The zero-order chi connectivity index (χ0) is 27.3. The molecular weight excluding hydrogens is 530 g/mol. The highest BCUT2D eigenvalue weighted by atomic mass is 32.2. The summed E-state index contributed by atoms with van der Waals surface area (Å²) in [5.74, 6) is 0.0750. The Balaban J connectivity index is 1.65. The van der Waals surface area contributed by atoms with Crippen LogP contribution in [0.4, 0.5) is 11.4 Å². The Morgan fingerprint density at radius 3 is 2.13 bits per heavy atom. The summed E-state index contributed by atoms with van der Waals surface area (Å²) in [6.45, 7) is 0.296. The zero-order valence-electron chi connectivity index (χ0n) is 21.0. The Morgan fingerprint density at radius 1 is 0.868 bits per heavy atom. The molecule has 202 valence electrons. The summed E-state index contributed by atoms with van der Waals surface area (Å²) in [5, 5.41) is 2.63. The molecule has 0 spiro atoms. The molecular formula is C26H29N3O7S2. The van der Waals surface area contributed by atoms with E-state index in [4.69, 9.17) is 9.47 Å². The van der Waals surface area contributed by atoms with E-state index in [1.165, 1.54) is 61.0 Å². The first-order chi connectivity index (χ1) is 18.2. The van der Waals surface area contributed by atoms with E-state index in [1.54, 1.807) is 30.3 Å². The highest BCUT2D eigenvalue weighted by molar-refractivity contribution is 7.92. The fourth-order valence-electron chi connectivity index (χ4n) is 4.13. The van der Waals surface area contributed by atoms with Gasteiger partial charge >= 0.3 is 0 Å². The van der Waals surface area contributed by atoms with E-state index in [9.17, 15) is 21.6 Å². The van der Waals surface area contributed by atoms with Crippen molar-refractivity contribution in [2.24, 2.45) is 0 Å². The van der Waals surface area contributed by atoms with Crippen molar-refractivity contribution < 1.29 is 31.1 Å². The number of carbonyl (C=O) groups excluding carboxylic acids is 1. The van der Waals surface area contributed by atoms with Crippen LogP contribution in [0.15, 0.2) is 82.6 Å². The van der Waals surface area contributed by atoms with E-state index in [0.717, 1.165) is 17.1 Å². The van der Waals surface area contributed by atoms with Crippen molar-refractivity contribution in [2.45, 2.75) is 22.6 Å². The summed E-state index contributed by atoms with van der Waals surface area (Å²) in [4.78, 5) is 13.3. The Morgan fingerprint density at radius 2 is 1.53 bits per heavy atom. The van der Waals surface area contributed by atoms with Crippen molar-refractivity contribution in [3.05, 3.63) is 72.8 Å². The third-order valence-corrected chi connectivity index (χ3v) is 9.81. The van der Waals surface area contributed by atoms with Crippen LogP contribution in [0, 0.1) is 0 Å². The van der Waals surface area contributed by atoms with Crippen LogP contribution in [-0.4, -0.2) is 60.9 Å². The second kappa shape index (κ2) is 11.4. The van der Waals surface area contributed by atoms with E-state index < -0.39 is 32.5 Å². The maximum atomic E-state index is 13.5. The highest BCUT2D eigenvalue weighted by Gasteiger charge is 2.30. The Bertz CT molecular complexity index is 1490. The van der Waals surface area contributed by atoms with Gasteiger partial charge in [-0.2, -0.15) is 4.31 Å². The van der Waals surface area contributed by atoms with Crippen LogP contribution in [0.5, 0.6) is 11.5 Å². The van der Waals surface area contributed by atoms with E-state index >= 15 is 0 Å². The number of methoxy groups -OCH3 is 2. The fourth-order valence-corrected chi connectivity index (χ4v) is 7.11. The van der Waals surface area contributed by atoms with Crippen LogP contribution in [0.25, 0.3) is 0 Å². The van der Waals surface area contributed by atoms with Gasteiger partial charge in [-0.1, -0.05) is 18.2 Å². The van der Waals surface area contributed by atoms with Gasteiger partial charge in [0.25, 0.3) is 10.0 Å². The number of carbonyl (C=O) groups is 1. The van der Waals surface area contributed by atoms with E-state index in [-0.39, 0.29) is 26.9 Å². The molecule has 0 unspecified atom stereocenters. The molecule has 1 fully saturated rings. The summed E-state index contributed by atoms with van der Waals surface area (Å²) in [6.07, 6.45) is 1.58. The number of nitrogens with one attached hydrogen (secondary N) is 1. The largest absolute Gasteiger partial charge is 0.497 e. The first-order valence-corrected chi connectivity index (χ1v) is 14.7. The summed E-state index contributed by atoms with van der Waals surface area (Å²) in [6, 6.07) is 18.2. The SMILES string of the molecule is COc1ccc(N(CC(=O)Nc2cc(S(=O)(=O)N3CCCC3)ccc2OC)S(=O)(=O)c2ccccc2)cc1. The molecule has 0 saturated carbocycles. The van der Waals surface area contributed by atoms with Crippen molar-refractivity contribution in [3.8, 4) is 11.5 Å². The molecule has 10 nitrogen and oxygen atoms in total. The average molecular weight is 560 g/mol. The van der Waals surface area contributed by atoms with Gasteiger partial charge < -0.3 is 14.8 Å². The van der Waals surface area contributed by atoms with Gasteiger partial charge in [-0.25, -0.2) is 16.8 Å².